The second kappa shape index (κ2) is 12.5. The van der Waals surface area contributed by atoms with Crippen molar-refractivity contribution in [3.63, 3.8) is 0 Å². The molecule has 0 aliphatic carbocycles. The van der Waals surface area contributed by atoms with Crippen LogP contribution in [0.4, 0.5) is 0 Å². The molecule has 8 heteroatoms. The van der Waals surface area contributed by atoms with E-state index in [0.717, 1.165) is 56.6 Å². The Balaban J connectivity index is 0.00000338. The van der Waals surface area contributed by atoms with Crippen molar-refractivity contribution in [2.45, 2.75) is 33.2 Å². The fraction of sp³-hybridized carbons (Fsp3) is 0.500. The van der Waals surface area contributed by atoms with Crippen molar-refractivity contribution >= 4 is 29.9 Å². The number of rotatable bonds is 9. The number of benzene rings is 1. The molecule has 7 nitrogen and oxygen atoms in total. The van der Waals surface area contributed by atoms with Gasteiger partial charge in [-0.1, -0.05) is 19.1 Å². The topological polar surface area (TPSA) is 76.4 Å². The molecule has 0 aliphatic heterocycles. The van der Waals surface area contributed by atoms with Gasteiger partial charge < -0.3 is 19.9 Å². The first-order valence-corrected chi connectivity index (χ1v) is 8.78. The molecule has 26 heavy (non-hydrogen) atoms. The lowest BCUT2D eigenvalue weighted by Gasteiger charge is -2.12. The van der Waals surface area contributed by atoms with Crippen LogP contribution in [-0.2, 0) is 19.4 Å². The summed E-state index contributed by atoms with van der Waals surface area (Å²) in [7, 11) is 1.68. The zero-order valence-corrected chi connectivity index (χ0v) is 18.1. The molecule has 0 saturated carbocycles. The van der Waals surface area contributed by atoms with Crippen LogP contribution in [0.15, 0.2) is 35.6 Å². The van der Waals surface area contributed by atoms with Gasteiger partial charge >= 0.3 is 0 Å². The minimum atomic E-state index is 0. The van der Waals surface area contributed by atoms with Crippen LogP contribution in [0.2, 0.25) is 0 Å². The molecule has 0 bridgehead atoms. The molecule has 0 saturated heterocycles. The van der Waals surface area contributed by atoms with Crippen LogP contribution < -0.4 is 15.4 Å². The van der Waals surface area contributed by atoms with Gasteiger partial charge in [-0.05, 0) is 31.0 Å². The molecular formula is C18H29IN6O. The average Bonchev–Trinajstić information content (AvgIpc) is 3.09. The zero-order valence-electron chi connectivity index (χ0n) is 15.7. The fourth-order valence-electron chi connectivity index (χ4n) is 2.50. The molecule has 2 N–H and O–H groups in total. The van der Waals surface area contributed by atoms with Crippen molar-refractivity contribution in [2.75, 3.05) is 26.7 Å². The van der Waals surface area contributed by atoms with Crippen molar-refractivity contribution in [1.29, 1.82) is 0 Å². The monoisotopic (exact) mass is 472 g/mol. The number of aromatic nitrogens is 3. The summed E-state index contributed by atoms with van der Waals surface area (Å²) in [4.78, 5) is 4.64. The number of ether oxygens (including phenoxy) is 1. The highest BCUT2D eigenvalue weighted by Crippen LogP contribution is 2.12. The summed E-state index contributed by atoms with van der Waals surface area (Å²) in [5.41, 5.74) is 1.22. The molecule has 1 aromatic heterocycles. The second-order valence-electron chi connectivity index (χ2n) is 5.58. The van der Waals surface area contributed by atoms with Crippen LogP contribution in [0.1, 0.15) is 25.2 Å². The molecule has 1 heterocycles. The molecule has 0 amide bonds. The third-order valence-electron chi connectivity index (χ3n) is 3.81. The zero-order chi connectivity index (χ0) is 17.9. The Bertz CT molecular complexity index is 673. The van der Waals surface area contributed by atoms with Gasteiger partial charge in [0.1, 0.15) is 17.9 Å². The highest BCUT2D eigenvalue weighted by molar-refractivity contribution is 14.0. The van der Waals surface area contributed by atoms with Gasteiger partial charge in [0.25, 0.3) is 0 Å². The van der Waals surface area contributed by atoms with E-state index in [2.05, 4.69) is 50.3 Å². The van der Waals surface area contributed by atoms with Gasteiger partial charge in [-0.3, -0.25) is 4.99 Å². The maximum absolute atomic E-state index is 5.26. The first-order valence-electron chi connectivity index (χ1n) is 8.78. The van der Waals surface area contributed by atoms with Crippen LogP contribution in [0.3, 0.4) is 0 Å². The predicted octanol–water partition coefficient (Wildman–Crippen LogP) is 2.26. The average molecular weight is 472 g/mol. The lowest BCUT2D eigenvalue weighted by Crippen LogP contribution is -2.39. The van der Waals surface area contributed by atoms with Gasteiger partial charge in [-0.15, -0.1) is 34.2 Å². The third kappa shape index (κ3) is 7.19. The van der Waals surface area contributed by atoms with E-state index in [9.17, 15) is 0 Å². The molecule has 144 valence electrons. The van der Waals surface area contributed by atoms with Crippen LogP contribution in [0.5, 0.6) is 5.75 Å². The van der Waals surface area contributed by atoms with Crippen LogP contribution >= 0.6 is 24.0 Å². The summed E-state index contributed by atoms with van der Waals surface area (Å²) in [6.45, 7) is 7.28. The number of hydrogen-bond donors (Lipinski definition) is 2. The smallest absolute Gasteiger partial charge is 0.191 e. The summed E-state index contributed by atoms with van der Waals surface area (Å²) in [5.74, 6) is 2.71. The van der Waals surface area contributed by atoms with Gasteiger partial charge in [0.15, 0.2) is 5.96 Å². The number of guanidine groups is 1. The first-order chi connectivity index (χ1) is 12.3. The largest absolute Gasteiger partial charge is 0.497 e. The first kappa shape index (κ1) is 22.2. The Morgan fingerprint density at radius 3 is 2.85 bits per heavy atom. The number of halogens is 1. The van der Waals surface area contributed by atoms with Crippen LogP contribution in [-0.4, -0.2) is 47.5 Å². The van der Waals surface area contributed by atoms with Crippen molar-refractivity contribution in [1.82, 2.24) is 25.4 Å². The lowest BCUT2D eigenvalue weighted by atomic mass is 10.1. The number of methoxy groups -OCH3 is 1. The van der Waals surface area contributed by atoms with Crippen LogP contribution in [0, 0.1) is 0 Å². The van der Waals surface area contributed by atoms with Gasteiger partial charge in [-0.25, -0.2) is 0 Å². The number of nitrogens with zero attached hydrogens (tertiary/aromatic N) is 4. The highest BCUT2D eigenvalue weighted by atomic mass is 127. The Morgan fingerprint density at radius 2 is 2.12 bits per heavy atom. The molecule has 2 rings (SSSR count). The van der Waals surface area contributed by atoms with Crippen molar-refractivity contribution in [3.05, 3.63) is 42.0 Å². The van der Waals surface area contributed by atoms with E-state index >= 15 is 0 Å². The van der Waals surface area contributed by atoms with E-state index in [4.69, 9.17) is 4.74 Å². The Morgan fingerprint density at radius 1 is 1.27 bits per heavy atom. The number of hydrogen-bond acceptors (Lipinski definition) is 4. The molecule has 0 unspecified atom stereocenters. The Kier molecular flexibility index (Phi) is 10.7. The van der Waals surface area contributed by atoms with Crippen molar-refractivity contribution < 1.29 is 4.74 Å². The quantitative estimate of drug-likeness (QED) is 0.333. The summed E-state index contributed by atoms with van der Waals surface area (Å²) in [5, 5.41) is 14.7. The fourth-order valence-corrected chi connectivity index (χ4v) is 2.50. The molecule has 0 spiro atoms. The molecule has 0 fully saturated rings. The minimum absolute atomic E-state index is 0. The van der Waals surface area contributed by atoms with Gasteiger partial charge in [0, 0.05) is 32.6 Å². The minimum Gasteiger partial charge on any atom is -0.497 e. The number of nitrogens with one attached hydrogen (secondary N) is 2. The van der Waals surface area contributed by atoms with E-state index in [1.807, 2.05) is 18.2 Å². The molecule has 0 atom stereocenters. The van der Waals surface area contributed by atoms with E-state index < -0.39 is 0 Å². The maximum Gasteiger partial charge on any atom is 0.191 e. The third-order valence-corrected chi connectivity index (χ3v) is 3.81. The predicted molar refractivity (Wildman–Crippen MR) is 115 cm³/mol. The lowest BCUT2D eigenvalue weighted by molar-refractivity contribution is 0.414. The SMILES string of the molecule is CCNC(=NCCc1cccc(OC)c1)NCCn1cnnc1CC.I. The summed E-state index contributed by atoms with van der Waals surface area (Å²) in [6.07, 6.45) is 3.53. The molecule has 1 aromatic carbocycles. The molecule has 0 aliphatic rings. The van der Waals surface area contributed by atoms with E-state index in [1.54, 1.807) is 13.4 Å². The maximum atomic E-state index is 5.26. The highest BCUT2D eigenvalue weighted by Gasteiger charge is 2.02. The van der Waals surface area contributed by atoms with E-state index in [0.29, 0.717) is 0 Å². The van der Waals surface area contributed by atoms with Crippen molar-refractivity contribution in [2.24, 2.45) is 4.99 Å². The van der Waals surface area contributed by atoms with Gasteiger partial charge in [0.05, 0.1) is 7.11 Å². The molecule has 2 aromatic rings. The second-order valence-corrected chi connectivity index (χ2v) is 5.58. The van der Waals surface area contributed by atoms with Crippen LogP contribution in [0.25, 0.3) is 0 Å². The van der Waals surface area contributed by atoms with E-state index in [-0.39, 0.29) is 24.0 Å². The summed E-state index contributed by atoms with van der Waals surface area (Å²) < 4.78 is 7.32. The summed E-state index contributed by atoms with van der Waals surface area (Å²) in [6, 6.07) is 8.10. The molecular weight excluding hydrogens is 443 g/mol. The Labute approximate surface area is 172 Å². The number of aryl methyl sites for hydroxylation is 1. The van der Waals surface area contributed by atoms with E-state index in [1.165, 1.54) is 5.56 Å². The van der Waals surface area contributed by atoms with Gasteiger partial charge in [-0.2, -0.15) is 0 Å². The normalized spacial score (nSPS) is 11.0. The van der Waals surface area contributed by atoms with Gasteiger partial charge in [0.2, 0.25) is 0 Å². The Hall–Kier alpha value is -1.84. The molecule has 0 radical (unpaired) electrons. The van der Waals surface area contributed by atoms with Crippen molar-refractivity contribution in [3.8, 4) is 5.75 Å². The number of aliphatic imine (C=N–C) groups is 1. The summed E-state index contributed by atoms with van der Waals surface area (Å²) >= 11 is 0. The standard InChI is InChI=1S/C18H28N6O.HI/c1-4-17-23-22-14-24(17)12-11-21-18(19-5-2)20-10-9-15-7-6-8-16(13-15)25-3;/h6-8,13-14H,4-5,9-12H2,1-3H3,(H2,19,20,21);1H.